The van der Waals surface area contributed by atoms with Gasteiger partial charge in [-0.25, -0.2) is 9.97 Å². The first-order chi connectivity index (χ1) is 9.22. The zero-order valence-electron chi connectivity index (χ0n) is 10.6. The molecule has 1 aromatic heterocycles. The van der Waals surface area contributed by atoms with E-state index in [1.54, 1.807) is 6.20 Å². The Bertz CT molecular complexity index is 639. The molecular weight excluding hydrogens is 240 g/mol. The summed E-state index contributed by atoms with van der Waals surface area (Å²) in [7, 11) is 0. The van der Waals surface area contributed by atoms with Crippen molar-refractivity contribution in [1.82, 2.24) is 15.3 Å². The third-order valence-electron chi connectivity index (χ3n) is 3.03. The van der Waals surface area contributed by atoms with Gasteiger partial charge in [-0.3, -0.25) is 4.79 Å². The molecule has 1 amide bonds. The minimum Gasteiger partial charge on any atom is -0.352 e. The number of amides is 1. The van der Waals surface area contributed by atoms with Gasteiger partial charge in [-0.15, -0.1) is 0 Å². The van der Waals surface area contributed by atoms with Crippen LogP contribution in [0.15, 0.2) is 30.5 Å². The second-order valence-corrected chi connectivity index (χ2v) is 4.55. The summed E-state index contributed by atoms with van der Waals surface area (Å²) < 4.78 is 0. The van der Waals surface area contributed by atoms with Gasteiger partial charge in [-0.1, -0.05) is 12.1 Å². The molecule has 0 saturated heterocycles. The number of hydrogen-bond acceptors (Lipinski definition) is 4. The van der Waals surface area contributed by atoms with E-state index in [1.165, 1.54) is 5.56 Å². The first-order valence-corrected chi connectivity index (χ1v) is 6.20. The van der Waals surface area contributed by atoms with E-state index in [0.29, 0.717) is 18.1 Å². The molecule has 2 N–H and O–H groups in total. The molecule has 5 heteroatoms. The van der Waals surface area contributed by atoms with Crippen LogP contribution in [-0.2, 0) is 6.42 Å². The number of aromatic nitrogens is 2. The third kappa shape index (κ3) is 2.40. The summed E-state index contributed by atoms with van der Waals surface area (Å²) in [6, 6.07) is 7.99. The average molecular weight is 254 g/mol. The van der Waals surface area contributed by atoms with Crippen LogP contribution in [0.2, 0.25) is 0 Å². The Morgan fingerprint density at radius 1 is 1.37 bits per heavy atom. The van der Waals surface area contributed by atoms with Crippen molar-refractivity contribution in [3.63, 3.8) is 0 Å². The molecule has 0 aliphatic carbocycles. The summed E-state index contributed by atoms with van der Waals surface area (Å²) in [5.41, 5.74) is 3.48. The normalized spacial score (nSPS) is 13.6. The van der Waals surface area contributed by atoms with Crippen LogP contribution in [0.5, 0.6) is 0 Å². The number of fused-ring (bicyclic) bond motifs is 1. The SMILES string of the molecule is Cc1cccc(Nc2ncc3c(n2)CCNC3=O)c1. The first-order valence-electron chi connectivity index (χ1n) is 6.20. The molecule has 0 radical (unpaired) electrons. The number of aryl methyl sites for hydroxylation is 1. The Morgan fingerprint density at radius 2 is 2.26 bits per heavy atom. The Hall–Kier alpha value is -2.43. The molecule has 0 bridgehead atoms. The lowest BCUT2D eigenvalue weighted by Crippen LogP contribution is -2.32. The van der Waals surface area contributed by atoms with E-state index < -0.39 is 0 Å². The van der Waals surface area contributed by atoms with Crippen molar-refractivity contribution in [3.05, 3.63) is 47.3 Å². The standard InChI is InChI=1S/C14H14N4O/c1-9-3-2-4-10(7-9)17-14-16-8-11-12(18-14)5-6-15-13(11)19/h2-4,7-8H,5-6H2,1H3,(H,15,19)(H,16,17,18). The van der Waals surface area contributed by atoms with E-state index in [9.17, 15) is 4.79 Å². The molecule has 0 atom stereocenters. The van der Waals surface area contributed by atoms with Crippen LogP contribution in [-0.4, -0.2) is 22.4 Å². The Kier molecular flexibility index (Phi) is 2.87. The third-order valence-corrected chi connectivity index (χ3v) is 3.03. The molecule has 0 unspecified atom stereocenters. The van der Waals surface area contributed by atoms with Crippen molar-refractivity contribution in [3.8, 4) is 0 Å². The smallest absolute Gasteiger partial charge is 0.254 e. The molecule has 2 aromatic rings. The predicted molar refractivity (Wildman–Crippen MR) is 72.5 cm³/mol. The molecular formula is C14H14N4O. The molecule has 1 aliphatic rings. The summed E-state index contributed by atoms with van der Waals surface area (Å²) in [5.74, 6) is 0.433. The summed E-state index contributed by atoms with van der Waals surface area (Å²) >= 11 is 0. The predicted octanol–water partition coefficient (Wildman–Crippen LogP) is 1.81. The Balaban J connectivity index is 1.88. The lowest BCUT2D eigenvalue weighted by Gasteiger charge is -2.15. The number of hydrogen-bond donors (Lipinski definition) is 2. The number of carbonyl (C=O) groups excluding carboxylic acids is 1. The highest BCUT2D eigenvalue weighted by Gasteiger charge is 2.18. The fraction of sp³-hybridized carbons (Fsp3) is 0.214. The van der Waals surface area contributed by atoms with Crippen LogP contribution in [0.4, 0.5) is 11.6 Å². The van der Waals surface area contributed by atoms with Gasteiger partial charge in [0.2, 0.25) is 5.95 Å². The fourth-order valence-electron chi connectivity index (χ4n) is 2.10. The number of anilines is 2. The van der Waals surface area contributed by atoms with Gasteiger partial charge >= 0.3 is 0 Å². The molecule has 2 heterocycles. The molecule has 1 aromatic carbocycles. The maximum atomic E-state index is 11.6. The minimum atomic E-state index is -0.0941. The number of nitrogens with zero attached hydrogens (tertiary/aromatic N) is 2. The number of benzene rings is 1. The Morgan fingerprint density at radius 3 is 3.11 bits per heavy atom. The average Bonchev–Trinajstić information content (AvgIpc) is 2.39. The summed E-state index contributed by atoms with van der Waals surface area (Å²) in [4.78, 5) is 20.2. The minimum absolute atomic E-state index is 0.0941. The summed E-state index contributed by atoms with van der Waals surface area (Å²) in [6.07, 6.45) is 2.32. The van der Waals surface area contributed by atoms with E-state index in [2.05, 4.69) is 20.6 Å². The highest BCUT2D eigenvalue weighted by Crippen LogP contribution is 2.17. The van der Waals surface area contributed by atoms with E-state index >= 15 is 0 Å². The van der Waals surface area contributed by atoms with Crippen LogP contribution < -0.4 is 10.6 Å². The van der Waals surface area contributed by atoms with Crippen LogP contribution in [0, 0.1) is 6.92 Å². The van der Waals surface area contributed by atoms with Crippen LogP contribution >= 0.6 is 0 Å². The second kappa shape index (κ2) is 4.68. The molecule has 5 nitrogen and oxygen atoms in total. The topological polar surface area (TPSA) is 66.9 Å². The quantitative estimate of drug-likeness (QED) is 0.857. The highest BCUT2D eigenvalue weighted by molar-refractivity contribution is 5.96. The largest absolute Gasteiger partial charge is 0.352 e. The fourth-order valence-corrected chi connectivity index (χ4v) is 2.10. The van der Waals surface area contributed by atoms with Gasteiger partial charge in [0.25, 0.3) is 5.91 Å². The van der Waals surface area contributed by atoms with Gasteiger partial charge in [0.1, 0.15) is 0 Å². The highest BCUT2D eigenvalue weighted by atomic mass is 16.1. The molecule has 0 spiro atoms. The lowest BCUT2D eigenvalue weighted by molar-refractivity contribution is 0.0944. The van der Waals surface area contributed by atoms with Crippen molar-refractivity contribution in [2.45, 2.75) is 13.3 Å². The molecule has 19 heavy (non-hydrogen) atoms. The number of carbonyl (C=O) groups is 1. The molecule has 0 saturated carbocycles. The number of nitrogens with one attached hydrogen (secondary N) is 2. The van der Waals surface area contributed by atoms with Gasteiger partial charge in [-0.05, 0) is 24.6 Å². The van der Waals surface area contributed by atoms with E-state index in [-0.39, 0.29) is 5.91 Å². The van der Waals surface area contributed by atoms with Crippen molar-refractivity contribution < 1.29 is 4.79 Å². The van der Waals surface area contributed by atoms with Gasteiger partial charge in [0.15, 0.2) is 0 Å². The second-order valence-electron chi connectivity index (χ2n) is 4.55. The van der Waals surface area contributed by atoms with E-state index in [4.69, 9.17) is 0 Å². The maximum Gasteiger partial charge on any atom is 0.254 e. The zero-order chi connectivity index (χ0) is 13.2. The van der Waals surface area contributed by atoms with Gasteiger partial charge in [0.05, 0.1) is 11.3 Å². The van der Waals surface area contributed by atoms with Crippen molar-refractivity contribution in [2.75, 3.05) is 11.9 Å². The van der Waals surface area contributed by atoms with Crippen molar-refractivity contribution in [2.24, 2.45) is 0 Å². The monoisotopic (exact) mass is 254 g/mol. The maximum absolute atomic E-state index is 11.6. The first kappa shape index (κ1) is 11.6. The van der Waals surface area contributed by atoms with E-state index in [1.807, 2.05) is 31.2 Å². The van der Waals surface area contributed by atoms with Gasteiger partial charge < -0.3 is 10.6 Å². The molecule has 0 fully saturated rings. The Labute approximate surface area is 111 Å². The van der Waals surface area contributed by atoms with Gasteiger partial charge in [-0.2, -0.15) is 0 Å². The number of rotatable bonds is 2. The van der Waals surface area contributed by atoms with E-state index in [0.717, 1.165) is 17.8 Å². The molecule has 1 aliphatic heterocycles. The van der Waals surface area contributed by atoms with Gasteiger partial charge in [0, 0.05) is 24.8 Å². The van der Waals surface area contributed by atoms with Crippen LogP contribution in [0.3, 0.4) is 0 Å². The van der Waals surface area contributed by atoms with Crippen molar-refractivity contribution in [1.29, 1.82) is 0 Å². The lowest BCUT2D eigenvalue weighted by atomic mass is 10.1. The summed E-state index contributed by atoms with van der Waals surface area (Å²) in [5, 5.41) is 5.93. The molecule has 3 rings (SSSR count). The zero-order valence-corrected chi connectivity index (χ0v) is 10.6. The summed E-state index contributed by atoms with van der Waals surface area (Å²) in [6.45, 7) is 2.66. The molecule has 96 valence electrons. The van der Waals surface area contributed by atoms with Crippen LogP contribution in [0.1, 0.15) is 21.6 Å². The van der Waals surface area contributed by atoms with Crippen molar-refractivity contribution >= 4 is 17.5 Å². The van der Waals surface area contributed by atoms with Crippen LogP contribution in [0.25, 0.3) is 0 Å².